The molecule has 0 saturated heterocycles. The van der Waals surface area contributed by atoms with Crippen LogP contribution in [0.5, 0.6) is 17.2 Å². The average Bonchev–Trinajstić information content (AvgIpc) is 2.63. The Labute approximate surface area is 214 Å². The van der Waals surface area contributed by atoms with Gasteiger partial charge in [0.15, 0.2) is 0 Å². The predicted octanol–water partition coefficient (Wildman–Crippen LogP) is 2.89. The van der Waals surface area contributed by atoms with E-state index in [-0.39, 0.29) is 58.0 Å². The summed E-state index contributed by atoms with van der Waals surface area (Å²) in [7, 11) is 0. The molecule has 2 aromatic rings. The molecule has 0 heterocycles. The molecule has 2 rings (SSSR count). The van der Waals surface area contributed by atoms with Gasteiger partial charge in [0.2, 0.25) is 0 Å². The molecule has 0 amide bonds. The van der Waals surface area contributed by atoms with E-state index in [1.807, 2.05) is 26.8 Å². The van der Waals surface area contributed by atoms with Gasteiger partial charge in [0.05, 0.1) is 12.0 Å². The van der Waals surface area contributed by atoms with Crippen LogP contribution in [0, 0.1) is 5.92 Å². The number of phenolic OH excluding ortho intramolecular Hbond substituents is 1. The summed E-state index contributed by atoms with van der Waals surface area (Å²) in [5, 5.41) is 43.6. The van der Waals surface area contributed by atoms with Crippen molar-refractivity contribution in [3.8, 4) is 17.2 Å². The first-order chi connectivity index (χ1) is 14.6. The van der Waals surface area contributed by atoms with E-state index in [4.69, 9.17) is 0 Å². The molecule has 0 aromatic heterocycles. The maximum absolute atomic E-state index is 11.8. The number of aliphatic carboxylic acids is 1. The summed E-state index contributed by atoms with van der Waals surface area (Å²) in [4.78, 5) is 14.6. The normalized spacial score (nSPS) is 12.3. The van der Waals surface area contributed by atoms with Crippen LogP contribution in [0.3, 0.4) is 0 Å². The first kappa shape index (κ1) is 33.7. The van der Waals surface area contributed by atoms with Crippen LogP contribution in [0.1, 0.15) is 72.1 Å². The number of benzene rings is 2. The molecule has 189 valence electrons. The molecular formula is C26H34NO6V-5. The molecule has 0 aliphatic carbocycles. The third-order valence-electron chi connectivity index (χ3n) is 4.91. The van der Waals surface area contributed by atoms with Gasteiger partial charge in [-0.2, -0.15) is 0 Å². The smallest absolute Gasteiger partial charge is 0.108 e. The van der Waals surface area contributed by atoms with E-state index in [1.165, 1.54) is 12.3 Å². The maximum Gasteiger partial charge on any atom is 0.108 e. The zero-order valence-electron chi connectivity index (χ0n) is 21.1. The summed E-state index contributed by atoms with van der Waals surface area (Å²) >= 11 is 0. The van der Waals surface area contributed by atoms with Crippen molar-refractivity contribution in [3.63, 3.8) is 0 Å². The van der Waals surface area contributed by atoms with Crippen molar-refractivity contribution in [1.82, 2.24) is 0 Å². The molecular weight excluding hydrogens is 473 g/mol. The first-order valence-electron chi connectivity index (χ1n) is 10.6. The summed E-state index contributed by atoms with van der Waals surface area (Å²) in [6.45, 7) is 15.6. The fourth-order valence-electron chi connectivity index (χ4n) is 2.86. The van der Waals surface area contributed by atoms with Crippen LogP contribution in [0.25, 0.3) is 0 Å². The molecule has 0 fully saturated rings. The number of para-hydroxylation sites is 1. The number of aliphatic imine (C=N–C) groups is 1. The van der Waals surface area contributed by atoms with Crippen LogP contribution < -0.4 is 15.3 Å². The minimum absolute atomic E-state index is 0. The zero-order valence-corrected chi connectivity index (χ0v) is 22.5. The predicted molar refractivity (Wildman–Crippen MR) is 123 cm³/mol. The molecule has 0 saturated carbocycles. The van der Waals surface area contributed by atoms with Crippen molar-refractivity contribution in [3.05, 3.63) is 53.1 Å². The Morgan fingerprint density at radius 1 is 1.00 bits per heavy atom. The molecule has 0 aliphatic heterocycles. The van der Waals surface area contributed by atoms with Gasteiger partial charge in [-0.25, -0.2) is 0 Å². The Hall–Kier alpha value is -2.48. The summed E-state index contributed by atoms with van der Waals surface area (Å²) in [6, 6.07) is 8.91. The van der Waals surface area contributed by atoms with E-state index < -0.39 is 12.0 Å². The second kappa shape index (κ2) is 13.4. The molecule has 8 heteroatoms. The SMILES string of the molecule is CC(C)(C)c1cc(O)c([O-])c(C(C)(C)C)c1.CC(C)[C@H](N=Cc1ccccc1[O-])C(=O)[O-].[O-2].[V]. The van der Waals surface area contributed by atoms with Crippen molar-refractivity contribution in [2.45, 2.75) is 72.3 Å². The number of carbonyl (C=O) groups excluding carboxylic acids is 1. The molecule has 1 radical (unpaired) electrons. The Bertz CT molecular complexity index is 959. The van der Waals surface area contributed by atoms with Gasteiger partial charge >= 0.3 is 0 Å². The van der Waals surface area contributed by atoms with Gasteiger partial charge in [-0.15, -0.1) is 5.75 Å². The van der Waals surface area contributed by atoms with Crippen LogP contribution in [0.15, 0.2) is 41.4 Å². The standard InChI is InChI=1S/C14H22O2.C12H15NO3.O.V/c1-13(2,3)9-7-10(14(4,5)6)12(16)11(15)8-9;1-8(2)11(12(15)16)13-7-9-5-3-4-6-10(9)14;;/h7-8,15-16H,1-6H3;3-8,11,14H,1-2H3,(H,15,16);;/q;;-2;/p-3/t;11-;;/m.0../s1. The van der Waals surface area contributed by atoms with E-state index in [0.29, 0.717) is 11.1 Å². The molecule has 0 unspecified atom stereocenters. The van der Waals surface area contributed by atoms with E-state index in [1.54, 1.807) is 38.1 Å². The van der Waals surface area contributed by atoms with Gasteiger partial charge in [0.25, 0.3) is 0 Å². The van der Waals surface area contributed by atoms with Crippen LogP contribution in [-0.2, 0) is 39.7 Å². The van der Waals surface area contributed by atoms with Crippen LogP contribution in [0.4, 0.5) is 0 Å². The monoisotopic (exact) mass is 507 g/mol. The van der Waals surface area contributed by atoms with Crippen molar-refractivity contribution in [2.75, 3.05) is 0 Å². The molecule has 0 spiro atoms. The van der Waals surface area contributed by atoms with Gasteiger partial charge in [-0.1, -0.05) is 91.5 Å². The molecule has 1 N–H and O–H groups in total. The van der Waals surface area contributed by atoms with Crippen LogP contribution >= 0.6 is 0 Å². The molecule has 34 heavy (non-hydrogen) atoms. The molecule has 2 aromatic carbocycles. The van der Waals surface area contributed by atoms with E-state index in [9.17, 15) is 25.2 Å². The van der Waals surface area contributed by atoms with Crippen LogP contribution in [0.2, 0.25) is 0 Å². The maximum atomic E-state index is 11.8. The summed E-state index contributed by atoms with van der Waals surface area (Å²) < 4.78 is 0. The van der Waals surface area contributed by atoms with Crippen molar-refractivity contribution < 1.29 is 49.3 Å². The summed E-state index contributed by atoms with van der Waals surface area (Å²) in [5.74, 6) is -1.96. The zero-order chi connectivity index (χ0) is 24.9. The van der Waals surface area contributed by atoms with Crippen molar-refractivity contribution in [2.24, 2.45) is 10.9 Å². The van der Waals surface area contributed by atoms with Gasteiger partial charge in [-0.3, -0.25) is 4.99 Å². The molecule has 0 aliphatic rings. The third-order valence-corrected chi connectivity index (χ3v) is 4.91. The van der Waals surface area contributed by atoms with E-state index >= 15 is 0 Å². The van der Waals surface area contributed by atoms with Crippen LogP contribution in [-0.4, -0.2) is 23.3 Å². The van der Waals surface area contributed by atoms with Gasteiger partial charge in [0.1, 0.15) is 5.75 Å². The Kier molecular flexibility index (Phi) is 13.3. The number of phenols is 1. The number of hydrogen-bond acceptors (Lipinski definition) is 6. The quantitative estimate of drug-likeness (QED) is 0.632. The topological polar surface area (TPSA) is 147 Å². The third kappa shape index (κ3) is 9.79. The van der Waals surface area contributed by atoms with E-state index in [2.05, 4.69) is 25.8 Å². The van der Waals surface area contributed by atoms with Crippen molar-refractivity contribution in [1.29, 1.82) is 0 Å². The van der Waals surface area contributed by atoms with Gasteiger partial charge < -0.3 is 30.7 Å². The Morgan fingerprint density at radius 3 is 1.94 bits per heavy atom. The fraction of sp³-hybridized carbons (Fsp3) is 0.462. The minimum atomic E-state index is -1.23. The number of rotatable bonds is 4. The summed E-state index contributed by atoms with van der Waals surface area (Å²) in [6.07, 6.45) is 1.29. The Morgan fingerprint density at radius 2 is 1.53 bits per heavy atom. The largest absolute Gasteiger partial charge is 2.00 e. The second-order valence-electron chi connectivity index (χ2n) is 10.2. The number of aromatic hydroxyl groups is 1. The number of nitrogens with zero attached hydrogens (tertiary/aromatic N) is 1. The van der Waals surface area contributed by atoms with E-state index in [0.717, 1.165) is 5.56 Å². The first-order valence-corrected chi connectivity index (χ1v) is 10.6. The molecule has 1 atom stereocenters. The average molecular weight is 508 g/mol. The second-order valence-corrected chi connectivity index (χ2v) is 10.2. The number of hydrogen-bond donors (Lipinski definition) is 1. The van der Waals surface area contributed by atoms with Gasteiger partial charge in [-0.05, 0) is 39.5 Å². The summed E-state index contributed by atoms with van der Waals surface area (Å²) in [5.41, 5.74) is 1.75. The number of carboxylic acids is 1. The molecule has 0 bridgehead atoms. The Balaban J connectivity index is 0. The number of carbonyl (C=O) groups is 1. The minimum Gasteiger partial charge on any atom is -2.00 e. The fourth-order valence-corrected chi connectivity index (χ4v) is 2.86. The number of carboxylic acid groups (broad SMARTS) is 1. The van der Waals surface area contributed by atoms with Crippen molar-refractivity contribution >= 4 is 12.2 Å². The molecule has 7 nitrogen and oxygen atoms in total. The van der Waals surface area contributed by atoms with Gasteiger partial charge in [0, 0.05) is 24.8 Å².